The van der Waals surface area contributed by atoms with Crippen molar-refractivity contribution in [2.75, 3.05) is 12.3 Å². The highest BCUT2D eigenvalue weighted by Crippen LogP contribution is 2.34. The Hall–Kier alpha value is -1.56. The predicted molar refractivity (Wildman–Crippen MR) is 107 cm³/mol. The molecule has 1 aromatic carbocycles. The van der Waals surface area contributed by atoms with Crippen LogP contribution in [-0.2, 0) is 0 Å². The normalized spacial score (nSPS) is 19.4. The van der Waals surface area contributed by atoms with E-state index in [0.29, 0.717) is 17.9 Å². The summed E-state index contributed by atoms with van der Waals surface area (Å²) in [6.07, 6.45) is 1.16. The Bertz CT molecular complexity index is 648. The maximum Gasteiger partial charge on any atom is 0.270 e. The molecule has 0 radical (unpaired) electrons. The lowest BCUT2D eigenvalue weighted by atomic mass is 10.0. The number of nitro groups is 1. The van der Waals surface area contributed by atoms with Crippen molar-refractivity contribution < 1.29 is 4.92 Å². The zero-order chi connectivity index (χ0) is 18.7. The second-order valence-corrected chi connectivity index (χ2v) is 8.71. The van der Waals surface area contributed by atoms with Gasteiger partial charge in [0.25, 0.3) is 5.69 Å². The third-order valence-electron chi connectivity index (χ3n) is 4.29. The highest BCUT2D eigenvalue weighted by molar-refractivity contribution is 8.14. The lowest BCUT2D eigenvalue weighted by Gasteiger charge is -2.29. The molecule has 6 heteroatoms. The van der Waals surface area contributed by atoms with Crippen molar-refractivity contribution in [1.82, 2.24) is 4.90 Å². The van der Waals surface area contributed by atoms with E-state index in [0.717, 1.165) is 40.7 Å². The Balaban J connectivity index is 2.36. The molecule has 25 heavy (non-hydrogen) atoms. The van der Waals surface area contributed by atoms with Crippen LogP contribution in [0.1, 0.15) is 45.2 Å². The molecule has 5 nitrogen and oxygen atoms in total. The van der Waals surface area contributed by atoms with E-state index < -0.39 is 0 Å². The molecule has 1 aliphatic heterocycles. The minimum absolute atomic E-state index is 0.134. The first-order chi connectivity index (χ1) is 11.7. The van der Waals surface area contributed by atoms with Gasteiger partial charge in [-0.1, -0.05) is 39.5 Å². The fourth-order valence-electron chi connectivity index (χ4n) is 3.27. The van der Waals surface area contributed by atoms with Crippen molar-refractivity contribution in [3.8, 4) is 0 Å². The summed E-state index contributed by atoms with van der Waals surface area (Å²) in [5.41, 5.74) is 2.72. The molecule has 1 saturated heterocycles. The van der Waals surface area contributed by atoms with E-state index in [1.807, 2.05) is 25.6 Å². The van der Waals surface area contributed by atoms with Gasteiger partial charge in [-0.25, -0.2) is 4.99 Å². The van der Waals surface area contributed by atoms with Crippen LogP contribution in [0, 0.1) is 35.8 Å². The summed E-state index contributed by atoms with van der Waals surface area (Å²) in [6, 6.07) is 3.75. The molecule has 0 aliphatic carbocycles. The van der Waals surface area contributed by atoms with E-state index in [2.05, 4.69) is 32.6 Å². The summed E-state index contributed by atoms with van der Waals surface area (Å²) in [7, 11) is 0. The first-order valence-corrected chi connectivity index (χ1v) is 9.91. The number of thioether (sulfide) groups is 1. The third kappa shape index (κ3) is 4.97. The number of amidine groups is 1. The molecule has 2 rings (SSSR count). The van der Waals surface area contributed by atoms with Gasteiger partial charge in [-0.2, -0.15) is 0 Å². The van der Waals surface area contributed by atoms with E-state index >= 15 is 0 Å². The smallest absolute Gasteiger partial charge is 0.270 e. The fraction of sp³-hybridized carbons (Fsp3) is 0.632. The molecule has 0 aromatic heterocycles. The Morgan fingerprint density at radius 2 is 1.84 bits per heavy atom. The fourth-order valence-corrected chi connectivity index (χ4v) is 4.47. The minimum Gasteiger partial charge on any atom is -0.347 e. The summed E-state index contributed by atoms with van der Waals surface area (Å²) in [6.45, 7) is 13.8. The van der Waals surface area contributed by atoms with E-state index in [1.165, 1.54) is 0 Å². The van der Waals surface area contributed by atoms with Gasteiger partial charge in [0, 0.05) is 30.5 Å². The molecule has 1 atom stereocenters. The summed E-state index contributed by atoms with van der Waals surface area (Å²) >= 11 is 1.81. The Labute approximate surface area is 155 Å². The number of nitro benzene ring substituents is 1. The van der Waals surface area contributed by atoms with Crippen molar-refractivity contribution in [1.29, 1.82) is 0 Å². The van der Waals surface area contributed by atoms with Crippen LogP contribution in [0.2, 0.25) is 0 Å². The average molecular weight is 364 g/mol. The third-order valence-corrected chi connectivity index (χ3v) is 5.43. The Morgan fingerprint density at radius 3 is 2.32 bits per heavy atom. The number of aryl methyl sites for hydroxylation is 2. The van der Waals surface area contributed by atoms with Gasteiger partial charge < -0.3 is 4.90 Å². The van der Waals surface area contributed by atoms with Crippen LogP contribution in [0.4, 0.5) is 11.4 Å². The summed E-state index contributed by atoms with van der Waals surface area (Å²) < 4.78 is 0. The topological polar surface area (TPSA) is 58.7 Å². The highest BCUT2D eigenvalue weighted by Gasteiger charge is 2.31. The Kier molecular flexibility index (Phi) is 6.49. The molecule has 0 bridgehead atoms. The SMILES string of the molecule is Cc1cc([N+](=O)[O-])cc(C)c1N=C1SCC(CC(C)C)N1CC(C)C. The lowest BCUT2D eigenvalue weighted by molar-refractivity contribution is -0.384. The second-order valence-electron chi connectivity index (χ2n) is 7.72. The van der Waals surface area contributed by atoms with E-state index in [9.17, 15) is 10.1 Å². The molecule has 1 aromatic rings. The first kappa shape index (κ1) is 19.8. The number of nitrogens with zero attached hydrogens (tertiary/aromatic N) is 3. The number of aliphatic imine (C=N–C) groups is 1. The summed E-state index contributed by atoms with van der Waals surface area (Å²) in [5, 5.41) is 12.1. The monoisotopic (exact) mass is 363 g/mol. The van der Waals surface area contributed by atoms with Crippen molar-refractivity contribution in [3.63, 3.8) is 0 Å². The van der Waals surface area contributed by atoms with Gasteiger partial charge >= 0.3 is 0 Å². The van der Waals surface area contributed by atoms with Gasteiger partial charge in [0.15, 0.2) is 5.17 Å². The van der Waals surface area contributed by atoms with Crippen molar-refractivity contribution >= 4 is 28.3 Å². The molecule has 0 spiro atoms. The zero-order valence-corrected chi connectivity index (χ0v) is 16.9. The molecule has 138 valence electrons. The second kappa shape index (κ2) is 8.21. The molecular formula is C19H29N3O2S. The lowest BCUT2D eigenvalue weighted by Crippen LogP contribution is -2.37. The number of rotatable bonds is 6. The molecule has 1 fully saturated rings. The summed E-state index contributed by atoms with van der Waals surface area (Å²) in [5.74, 6) is 2.29. The van der Waals surface area contributed by atoms with E-state index in [-0.39, 0.29) is 10.6 Å². The van der Waals surface area contributed by atoms with E-state index in [1.54, 1.807) is 12.1 Å². The van der Waals surface area contributed by atoms with Crippen LogP contribution >= 0.6 is 11.8 Å². The largest absolute Gasteiger partial charge is 0.347 e. The maximum atomic E-state index is 11.0. The quantitative estimate of drug-likeness (QED) is 0.507. The molecule has 1 heterocycles. The highest BCUT2D eigenvalue weighted by atomic mass is 32.2. The van der Waals surface area contributed by atoms with Crippen LogP contribution in [0.5, 0.6) is 0 Å². The zero-order valence-electron chi connectivity index (χ0n) is 16.1. The van der Waals surface area contributed by atoms with Gasteiger partial charge in [0.2, 0.25) is 0 Å². The van der Waals surface area contributed by atoms with Crippen LogP contribution in [0.15, 0.2) is 17.1 Å². The summed E-state index contributed by atoms with van der Waals surface area (Å²) in [4.78, 5) is 18.1. The number of benzene rings is 1. The van der Waals surface area contributed by atoms with Gasteiger partial charge in [0.1, 0.15) is 0 Å². The first-order valence-electron chi connectivity index (χ1n) is 8.92. The number of hydrogen-bond donors (Lipinski definition) is 0. The maximum absolute atomic E-state index is 11.0. The van der Waals surface area contributed by atoms with Gasteiger partial charge in [-0.05, 0) is 43.2 Å². The van der Waals surface area contributed by atoms with Gasteiger partial charge in [0.05, 0.1) is 10.6 Å². The number of hydrogen-bond acceptors (Lipinski definition) is 4. The van der Waals surface area contributed by atoms with Gasteiger partial charge in [-0.3, -0.25) is 10.1 Å². The Morgan fingerprint density at radius 1 is 1.24 bits per heavy atom. The molecular weight excluding hydrogens is 334 g/mol. The van der Waals surface area contributed by atoms with Crippen molar-refractivity contribution in [3.05, 3.63) is 33.4 Å². The van der Waals surface area contributed by atoms with Crippen LogP contribution < -0.4 is 0 Å². The molecule has 0 N–H and O–H groups in total. The van der Waals surface area contributed by atoms with Crippen LogP contribution in [0.25, 0.3) is 0 Å². The molecule has 0 amide bonds. The van der Waals surface area contributed by atoms with Crippen LogP contribution in [-0.4, -0.2) is 33.3 Å². The predicted octanol–water partition coefficient (Wildman–Crippen LogP) is 5.32. The standard InChI is InChI=1S/C19H29N3O2S/c1-12(2)7-17-11-25-19(21(17)10-13(3)4)20-18-14(5)8-16(22(23)24)9-15(18)6/h8-9,12-13,17H,7,10-11H2,1-6H3. The van der Waals surface area contributed by atoms with Crippen molar-refractivity contribution in [2.24, 2.45) is 16.8 Å². The molecule has 1 aliphatic rings. The van der Waals surface area contributed by atoms with Crippen LogP contribution in [0.3, 0.4) is 0 Å². The number of non-ortho nitro benzene ring substituents is 1. The average Bonchev–Trinajstić information content (AvgIpc) is 2.83. The molecule has 0 saturated carbocycles. The minimum atomic E-state index is -0.342. The molecule has 1 unspecified atom stereocenters. The van der Waals surface area contributed by atoms with Gasteiger partial charge in [-0.15, -0.1) is 0 Å². The van der Waals surface area contributed by atoms with Crippen molar-refractivity contribution in [2.45, 2.75) is 54.0 Å². The van der Waals surface area contributed by atoms with E-state index in [4.69, 9.17) is 4.99 Å².